The number of rotatable bonds is 9. The van der Waals surface area contributed by atoms with Crippen LogP contribution in [0.1, 0.15) is 30.6 Å². The number of carboxylic acid groups (broad SMARTS) is 1. The second-order valence-electron chi connectivity index (χ2n) is 4.44. The van der Waals surface area contributed by atoms with Crippen LogP contribution in [0, 0.1) is 0 Å². The van der Waals surface area contributed by atoms with Gasteiger partial charge in [0.25, 0.3) is 5.91 Å². The van der Waals surface area contributed by atoms with Gasteiger partial charge >= 0.3 is 5.97 Å². The summed E-state index contributed by atoms with van der Waals surface area (Å²) in [7, 11) is 0. The molecule has 0 aliphatic carbocycles. The molecule has 0 aliphatic heterocycles. The quantitative estimate of drug-likeness (QED) is 0.604. The largest absolute Gasteiger partial charge is 0.494 e. The SMILES string of the molecule is CCOc1cc(OCC)cc(C(=O)N[C@@H](CCS)C(=O)O)c1. The minimum atomic E-state index is -1.09. The maximum absolute atomic E-state index is 12.2. The standard InChI is InChI=1S/C15H21NO5S/c1-3-20-11-7-10(8-12(9-11)21-4-2)14(17)16-13(5-6-22)15(18)19/h7-9,13,22H,3-6H2,1-2H3,(H,16,17)(H,18,19)/t13-/m0/s1. The van der Waals surface area contributed by atoms with Crippen molar-refractivity contribution in [2.75, 3.05) is 19.0 Å². The first-order valence-corrected chi connectivity index (χ1v) is 7.70. The molecule has 1 aromatic carbocycles. The molecule has 2 N–H and O–H groups in total. The summed E-state index contributed by atoms with van der Waals surface area (Å²) in [5.74, 6) is -0.218. The molecule has 0 aromatic heterocycles. The molecular weight excluding hydrogens is 306 g/mol. The van der Waals surface area contributed by atoms with E-state index in [4.69, 9.17) is 14.6 Å². The van der Waals surface area contributed by atoms with Crippen LogP contribution in [0.4, 0.5) is 0 Å². The molecule has 0 saturated heterocycles. The Morgan fingerprint density at radius 3 is 2.14 bits per heavy atom. The van der Waals surface area contributed by atoms with Crippen LogP contribution >= 0.6 is 12.6 Å². The highest BCUT2D eigenvalue weighted by molar-refractivity contribution is 7.80. The number of carboxylic acids is 1. The number of nitrogens with one attached hydrogen (secondary N) is 1. The molecule has 122 valence electrons. The summed E-state index contributed by atoms with van der Waals surface area (Å²) < 4.78 is 10.8. The van der Waals surface area contributed by atoms with Gasteiger partial charge in [0.05, 0.1) is 13.2 Å². The molecule has 6 nitrogen and oxygen atoms in total. The molecule has 22 heavy (non-hydrogen) atoms. The molecule has 0 unspecified atom stereocenters. The number of carbonyl (C=O) groups excluding carboxylic acids is 1. The van der Waals surface area contributed by atoms with E-state index in [-0.39, 0.29) is 6.42 Å². The van der Waals surface area contributed by atoms with Gasteiger partial charge in [0.1, 0.15) is 17.5 Å². The van der Waals surface area contributed by atoms with Crippen LogP contribution in [0.15, 0.2) is 18.2 Å². The van der Waals surface area contributed by atoms with Crippen molar-refractivity contribution in [2.45, 2.75) is 26.3 Å². The summed E-state index contributed by atoms with van der Waals surface area (Å²) in [4.78, 5) is 23.3. The maximum atomic E-state index is 12.2. The van der Waals surface area contributed by atoms with Gasteiger partial charge in [-0.25, -0.2) is 4.79 Å². The molecule has 0 heterocycles. The third-order valence-electron chi connectivity index (χ3n) is 2.79. The molecule has 1 atom stereocenters. The lowest BCUT2D eigenvalue weighted by atomic mass is 10.1. The summed E-state index contributed by atoms with van der Waals surface area (Å²) >= 11 is 4.00. The van der Waals surface area contributed by atoms with Crippen LogP contribution in [-0.4, -0.2) is 42.0 Å². The minimum absolute atomic E-state index is 0.244. The molecular formula is C15H21NO5S. The third-order valence-corrected chi connectivity index (χ3v) is 3.04. The van der Waals surface area contributed by atoms with Gasteiger partial charge in [-0.15, -0.1) is 0 Å². The third kappa shape index (κ3) is 5.48. The zero-order chi connectivity index (χ0) is 16.5. The van der Waals surface area contributed by atoms with E-state index in [0.29, 0.717) is 36.0 Å². The highest BCUT2D eigenvalue weighted by Crippen LogP contribution is 2.23. The monoisotopic (exact) mass is 327 g/mol. The van der Waals surface area contributed by atoms with Crippen molar-refractivity contribution in [1.82, 2.24) is 5.32 Å². The van der Waals surface area contributed by atoms with Crippen molar-refractivity contribution in [3.05, 3.63) is 23.8 Å². The van der Waals surface area contributed by atoms with Gasteiger partial charge in [0, 0.05) is 11.6 Å². The van der Waals surface area contributed by atoms with Gasteiger partial charge in [0.15, 0.2) is 0 Å². The average Bonchev–Trinajstić information content (AvgIpc) is 2.47. The van der Waals surface area contributed by atoms with Crippen LogP contribution in [0.3, 0.4) is 0 Å². The van der Waals surface area contributed by atoms with Crippen molar-refractivity contribution in [2.24, 2.45) is 0 Å². The normalized spacial score (nSPS) is 11.6. The Morgan fingerprint density at radius 2 is 1.73 bits per heavy atom. The van der Waals surface area contributed by atoms with Crippen molar-refractivity contribution in [3.8, 4) is 11.5 Å². The molecule has 0 spiro atoms. The smallest absolute Gasteiger partial charge is 0.326 e. The van der Waals surface area contributed by atoms with E-state index in [1.54, 1.807) is 18.2 Å². The Bertz CT molecular complexity index is 496. The first kappa shape index (κ1) is 18.2. The summed E-state index contributed by atoms with van der Waals surface area (Å²) in [6.45, 7) is 4.57. The van der Waals surface area contributed by atoms with E-state index in [2.05, 4.69) is 17.9 Å². The summed E-state index contributed by atoms with van der Waals surface area (Å²) in [6, 6.07) is 3.82. The van der Waals surface area contributed by atoms with E-state index in [0.717, 1.165) is 0 Å². The Morgan fingerprint density at radius 1 is 1.18 bits per heavy atom. The number of ether oxygens (including phenoxy) is 2. The second-order valence-corrected chi connectivity index (χ2v) is 4.88. The Balaban J connectivity index is 2.97. The molecule has 0 saturated carbocycles. The predicted molar refractivity (Wildman–Crippen MR) is 86.1 cm³/mol. The first-order valence-electron chi connectivity index (χ1n) is 7.07. The molecule has 1 rings (SSSR count). The van der Waals surface area contributed by atoms with E-state index >= 15 is 0 Å². The maximum Gasteiger partial charge on any atom is 0.326 e. The number of amides is 1. The lowest BCUT2D eigenvalue weighted by molar-refractivity contribution is -0.139. The zero-order valence-corrected chi connectivity index (χ0v) is 13.6. The average molecular weight is 327 g/mol. The van der Waals surface area contributed by atoms with Gasteiger partial charge in [-0.05, 0) is 38.2 Å². The number of hydrogen-bond acceptors (Lipinski definition) is 5. The van der Waals surface area contributed by atoms with E-state index in [1.165, 1.54) is 0 Å². The molecule has 1 amide bonds. The zero-order valence-electron chi connectivity index (χ0n) is 12.7. The number of thiol groups is 1. The fourth-order valence-corrected chi connectivity index (χ4v) is 2.09. The number of hydrogen-bond donors (Lipinski definition) is 3. The van der Waals surface area contributed by atoms with Crippen molar-refractivity contribution < 1.29 is 24.2 Å². The van der Waals surface area contributed by atoms with Crippen LogP contribution in [0.5, 0.6) is 11.5 Å². The van der Waals surface area contributed by atoms with Gasteiger partial charge in [0.2, 0.25) is 0 Å². The van der Waals surface area contributed by atoms with E-state index in [1.807, 2.05) is 13.8 Å². The topological polar surface area (TPSA) is 84.9 Å². The van der Waals surface area contributed by atoms with E-state index in [9.17, 15) is 9.59 Å². The molecule has 7 heteroatoms. The van der Waals surface area contributed by atoms with Crippen molar-refractivity contribution >= 4 is 24.5 Å². The molecule has 0 bridgehead atoms. The summed E-state index contributed by atoms with van der Waals surface area (Å²) in [6.07, 6.45) is 0.244. The fourth-order valence-electron chi connectivity index (χ4n) is 1.83. The minimum Gasteiger partial charge on any atom is -0.494 e. The predicted octanol–water partition coefficient (Wildman–Crippen LogP) is 1.99. The lowest BCUT2D eigenvalue weighted by Gasteiger charge is -2.15. The van der Waals surface area contributed by atoms with Crippen LogP contribution in [0.25, 0.3) is 0 Å². The molecule has 1 aromatic rings. The molecule has 0 fully saturated rings. The van der Waals surface area contributed by atoms with Gasteiger partial charge in [-0.2, -0.15) is 12.6 Å². The van der Waals surface area contributed by atoms with Crippen LogP contribution in [-0.2, 0) is 4.79 Å². The first-order chi connectivity index (χ1) is 10.5. The van der Waals surface area contributed by atoms with Gasteiger partial charge in [-0.3, -0.25) is 4.79 Å². The van der Waals surface area contributed by atoms with Crippen LogP contribution in [0.2, 0.25) is 0 Å². The summed E-state index contributed by atoms with van der Waals surface area (Å²) in [5, 5.41) is 11.6. The van der Waals surface area contributed by atoms with Crippen molar-refractivity contribution in [3.63, 3.8) is 0 Å². The van der Waals surface area contributed by atoms with Crippen molar-refractivity contribution in [1.29, 1.82) is 0 Å². The second kappa shape index (κ2) is 9.19. The lowest BCUT2D eigenvalue weighted by Crippen LogP contribution is -2.41. The highest BCUT2D eigenvalue weighted by atomic mass is 32.1. The number of benzene rings is 1. The number of carbonyl (C=O) groups is 2. The van der Waals surface area contributed by atoms with Crippen LogP contribution < -0.4 is 14.8 Å². The highest BCUT2D eigenvalue weighted by Gasteiger charge is 2.20. The Kier molecular flexibility index (Phi) is 7.59. The fraction of sp³-hybridized carbons (Fsp3) is 0.467. The van der Waals surface area contributed by atoms with E-state index < -0.39 is 17.9 Å². The van der Waals surface area contributed by atoms with Gasteiger partial charge in [-0.1, -0.05) is 0 Å². The Hall–Kier alpha value is -1.89. The molecule has 0 aliphatic rings. The Labute approximate surface area is 135 Å². The van der Waals surface area contributed by atoms with Gasteiger partial charge < -0.3 is 19.9 Å². The number of aliphatic carboxylic acids is 1. The summed E-state index contributed by atoms with van der Waals surface area (Å²) in [5.41, 5.74) is 0.291. The molecule has 0 radical (unpaired) electrons.